The first-order valence-electron chi connectivity index (χ1n) is 19.2. The molecule has 11 atom stereocenters. The van der Waals surface area contributed by atoms with Crippen LogP contribution in [-0.2, 0) is 51.1 Å². The zero-order valence-electron chi connectivity index (χ0n) is 33.3. The van der Waals surface area contributed by atoms with E-state index in [0.717, 1.165) is 0 Å². The molecular weight excluding hydrogens is 792 g/mol. The van der Waals surface area contributed by atoms with Crippen LogP contribution < -0.4 is 32.3 Å². The first-order valence-corrected chi connectivity index (χ1v) is 19.2. The lowest BCUT2D eigenvalue weighted by Gasteiger charge is -2.39. The van der Waals surface area contributed by atoms with E-state index in [2.05, 4.69) is 26.6 Å². The zero-order chi connectivity index (χ0) is 44.7. The fourth-order valence-electron chi connectivity index (χ4n) is 6.04. The van der Waals surface area contributed by atoms with Crippen LogP contribution in [0.25, 0.3) is 0 Å². The number of nitrogens with one attached hydrogen (secondary N) is 5. The van der Waals surface area contributed by atoms with Gasteiger partial charge in [0.15, 0.2) is 12.3 Å². The first-order chi connectivity index (χ1) is 28.3. The number of aliphatic hydroxyl groups is 5. The number of nitrogens with two attached hydrogens (primary N) is 1. The molecular formula is C39H56N6O15. The van der Waals surface area contributed by atoms with Gasteiger partial charge < -0.3 is 77.5 Å². The molecule has 0 radical (unpaired) electrons. The highest BCUT2D eigenvalue weighted by Gasteiger charge is 2.44. The molecule has 1 aliphatic rings. The van der Waals surface area contributed by atoms with Crippen molar-refractivity contribution in [3.8, 4) is 5.75 Å². The number of carbonyl (C=O) groups excluding carboxylic acids is 5. The van der Waals surface area contributed by atoms with E-state index < -0.39 is 122 Å². The number of aliphatic carboxylic acids is 1. The maximum atomic E-state index is 13.8. The number of carbonyl (C=O) groups is 6. The summed E-state index contributed by atoms with van der Waals surface area (Å²) in [6.07, 6.45) is -9.79. The van der Waals surface area contributed by atoms with Crippen LogP contribution in [0.15, 0.2) is 54.6 Å². The maximum Gasteiger partial charge on any atom is 0.328 e. The molecule has 1 fully saturated rings. The van der Waals surface area contributed by atoms with Crippen LogP contribution in [0.5, 0.6) is 5.75 Å². The topological polar surface area (TPSA) is 349 Å². The SMILES string of the molecule is CC(C)C[C@H](NC(=O)[C@H](Cc1ccccc1)NC(=O)CNC(=O)[C@H](NC(=O)[C@@H](N)Cc1ccc(O)cc1)[C@@H](C)O)C(=O)N[C@@H](CO[C@@H]1O[C@H](CO)[C@@H](O)[C@H](O)[C@H]1O)C(=O)O. The predicted octanol–water partition coefficient (Wildman–Crippen LogP) is -4.11. The number of rotatable bonds is 22. The standard InChI is InChI=1S/C39H56N6O15/c1-19(2)13-25(35(54)44-27(38(57)58)18-59-39-33(52)32(51)31(50)28(17-46)60-39)43-36(55)26(15-21-7-5-4-6-8-21)42-29(49)16-41-37(56)30(20(3)47)45-34(53)24(40)14-22-9-11-23(48)12-10-22/h4-12,19-20,24-28,30-33,39,46-48,50-52H,13-18,40H2,1-3H3,(H,41,56)(H,42,49)(H,43,55)(H,44,54)(H,45,53)(H,57,58)/t20-,24+,25+,26+,27+,28-,30-,31-,32+,33-,39-/m1/s1. The van der Waals surface area contributed by atoms with Gasteiger partial charge in [-0.1, -0.05) is 56.3 Å². The van der Waals surface area contributed by atoms with Crippen molar-refractivity contribution < 1.29 is 74.0 Å². The number of carboxylic acid groups (broad SMARTS) is 1. The number of aliphatic hydroxyl groups excluding tert-OH is 5. The third-order valence-electron chi connectivity index (χ3n) is 9.38. The molecule has 1 heterocycles. The minimum atomic E-state index is -1.83. The van der Waals surface area contributed by atoms with Gasteiger partial charge >= 0.3 is 5.97 Å². The van der Waals surface area contributed by atoms with Crippen LogP contribution in [-0.4, -0.2) is 158 Å². The van der Waals surface area contributed by atoms with Gasteiger partial charge in [0.25, 0.3) is 0 Å². The van der Waals surface area contributed by atoms with E-state index in [0.29, 0.717) is 11.1 Å². The molecule has 2 aromatic rings. The van der Waals surface area contributed by atoms with E-state index in [1.54, 1.807) is 56.3 Å². The van der Waals surface area contributed by atoms with Crippen LogP contribution in [0.3, 0.4) is 0 Å². The maximum absolute atomic E-state index is 13.8. The second-order valence-corrected chi connectivity index (χ2v) is 14.9. The molecule has 1 aliphatic heterocycles. The molecule has 2 aromatic carbocycles. The summed E-state index contributed by atoms with van der Waals surface area (Å²) in [6, 6.07) is 7.33. The molecule has 14 N–H and O–H groups in total. The van der Waals surface area contributed by atoms with Crippen LogP contribution >= 0.6 is 0 Å². The number of aromatic hydroxyl groups is 1. The Kier molecular flexibility index (Phi) is 19.2. The van der Waals surface area contributed by atoms with Gasteiger partial charge in [0.05, 0.1) is 31.9 Å². The highest BCUT2D eigenvalue weighted by molar-refractivity contribution is 5.95. The Bertz CT molecular complexity index is 1730. The van der Waals surface area contributed by atoms with Crippen LogP contribution in [0, 0.1) is 5.92 Å². The number of amides is 5. The molecule has 0 aliphatic carbocycles. The monoisotopic (exact) mass is 848 g/mol. The highest BCUT2D eigenvalue weighted by atomic mass is 16.7. The molecule has 332 valence electrons. The third kappa shape index (κ3) is 15.1. The number of hydrogen-bond donors (Lipinski definition) is 13. The average molecular weight is 849 g/mol. The summed E-state index contributed by atoms with van der Waals surface area (Å²) in [4.78, 5) is 78.5. The average Bonchev–Trinajstić information content (AvgIpc) is 3.20. The summed E-state index contributed by atoms with van der Waals surface area (Å²) in [6.45, 7) is 2.44. The molecule has 21 nitrogen and oxygen atoms in total. The summed E-state index contributed by atoms with van der Waals surface area (Å²) in [7, 11) is 0. The van der Waals surface area contributed by atoms with E-state index in [1.165, 1.54) is 19.1 Å². The van der Waals surface area contributed by atoms with Crippen molar-refractivity contribution in [2.45, 2.75) is 107 Å². The van der Waals surface area contributed by atoms with Gasteiger partial charge in [0.1, 0.15) is 48.3 Å². The lowest BCUT2D eigenvalue weighted by atomic mass is 9.99. The summed E-state index contributed by atoms with van der Waals surface area (Å²) < 4.78 is 10.6. The van der Waals surface area contributed by atoms with Gasteiger partial charge in [-0.25, -0.2) is 4.79 Å². The molecule has 5 amide bonds. The summed E-state index contributed by atoms with van der Waals surface area (Å²) >= 11 is 0. The van der Waals surface area contributed by atoms with Crippen molar-refractivity contribution in [3.63, 3.8) is 0 Å². The summed E-state index contributed by atoms with van der Waals surface area (Å²) in [5, 5.41) is 81.4. The Morgan fingerprint density at radius 3 is 1.93 bits per heavy atom. The van der Waals surface area contributed by atoms with Crippen molar-refractivity contribution in [2.24, 2.45) is 11.7 Å². The van der Waals surface area contributed by atoms with Crippen LogP contribution in [0.4, 0.5) is 0 Å². The van der Waals surface area contributed by atoms with E-state index in [9.17, 15) is 64.5 Å². The van der Waals surface area contributed by atoms with Crippen molar-refractivity contribution in [2.75, 3.05) is 19.8 Å². The smallest absolute Gasteiger partial charge is 0.328 e. The molecule has 60 heavy (non-hydrogen) atoms. The second kappa shape index (κ2) is 23.5. The minimum absolute atomic E-state index is 0.00455. The number of carboxylic acids is 1. The molecule has 0 unspecified atom stereocenters. The molecule has 0 saturated carbocycles. The molecule has 1 saturated heterocycles. The van der Waals surface area contributed by atoms with Gasteiger partial charge in [-0.05, 0) is 48.9 Å². The van der Waals surface area contributed by atoms with Gasteiger partial charge in [-0.3, -0.25) is 24.0 Å². The molecule has 0 bridgehead atoms. The van der Waals surface area contributed by atoms with Crippen molar-refractivity contribution in [1.82, 2.24) is 26.6 Å². The van der Waals surface area contributed by atoms with E-state index in [-0.39, 0.29) is 30.9 Å². The van der Waals surface area contributed by atoms with Gasteiger partial charge in [0.2, 0.25) is 29.5 Å². The van der Waals surface area contributed by atoms with Crippen molar-refractivity contribution >= 4 is 35.5 Å². The first kappa shape index (κ1) is 49.1. The minimum Gasteiger partial charge on any atom is -0.508 e. The van der Waals surface area contributed by atoms with Crippen LogP contribution in [0.1, 0.15) is 38.3 Å². The normalized spacial score (nSPS) is 21.9. The number of hydrogen-bond acceptors (Lipinski definition) is 15. The highest BCUT2D eigenvalue weighted by Crippen LogP contribution is 2.22. The van der Waals surface area contributed by atoms with Crippen molar-refractivity contribution in [1.29, 1.82) is 0 Å². The lowest BCUT2D eigenvalue weighted by molar-refractivity contribution is -0.301. The number of benzene rings is 2. The summed E-state index contributed by atoms with van der Waals surface area (Å²) in [5.74, 6) is -6.15. The van der Waals surface area contributed by atoms with Gasteiger partial charge in [0, 0.05) is 6.42 Å². The second-order valence-electron chi connectivity index (χ2n) is 14.9. The number of ether oxygens (including phenoxy) is 2. The Balaban J connectivity index is 1.68. The number of phenols is 1. The molecule has 21 heteroatoms. The lowest BCUT2D eigenvalue weighted by Crippen LogP contribution is -2.60. The van der Waals surface area contributed by atoms with Gasteiger partial charge in [-0.2, -0.15) is 0 Å². The largest absolute Gasteiger partial charge is 0.508 e. The Hall–Kier alpha value is -5.26. The van der Waals surface area contributed by atoms with E-state index in [1.807, 2.05) is 0 Å². The van der Waals surface area contributed by atoms with Crippen LogP contribution in [0.2, 0.25) is 0 Å². The number of phenolic OH excluding ortho intramolecular Hbond substituents is 1. The molecule has 3 rings (SSSR count). The Morgan fingerprint density at radius 2 is 1.35 bits per heavy atom. The Labute approximate surface area is 345 Å². The predicted molar refractivity (Wildman–Crippen MR) is 209 cm³/mol. The quantitative estimate of drug-likeness (QED) is 0.0535. The summed E-state index contributed by atoms with van der Waals surface area (Å²) in [5.41, 5.74) is 7.23. The fourth-order valence-corrected chi connectivity index (χ4v) is 6.04. The fraction of sp³-hybridized carbons (Fsp3) is 0.538. The Morgan fingerprint density at radius 1 is 0.750 bits per heavy atom. The third-order valence-corrected chi connectivity index (χ3v) is 9.38. The zero-order valence-corrected chi connectivity index (χ0v) is 33.3. The van der Waals surface area contributed by atoms with E-state index in [4.69, 9.17) is 15.2 Å². The molecule has 0 spiro atoms. The van der Waals surface area contributed by atoms with Crippen molar-refractivity contribution in [3.05, 3.63) is 65.7 Å². The van der Waals surface area contributed by atoms with E-state index >= 15 is 0 Å². The van der Waals surface area contributed by atoms with Gasteiger partial charge in [-0.15, -0.1) is 0 Å². The molecule has 0 aromatic heterocycles.